The van der Waals surface area contributed by atoms with Crippen molar-refractivity contribution >= 4 is 10.9 Å². The normalized spacial score (nSPS) is 11.7. The number of aromatic nitrogens is 2. The van der Waals surface area contributed by atoms with Crippen molar-refractivity contribution in [3.05, 3.63) is 83.4 Å². The molecule has 2 aromatic carbocycles. The van der Waals surface area contributed by atoms with Gasteiger partial charge in [-0.1, -0.05) is 30.3 Å². The molecule has 0 spiro atoms. The molecular weight excluding hydrogens is 364 g/mol. The number of nitrogens with zero attached hydrogens (tertiary/aromatic N) is 1. The quantitative estimate of drug-likeness (QED) is 0.510. The Hall–Kier alpha value is -3.31. The predicted octanol–water partition coefficient (Wildman–Crippen LogP) is 4.53. The Kier molecular flexibility index (Phi) is 4.99. The molecule has 0 amide bonds. The molecule has 0 aliphatic rings. The first-order chi connectivity index (χ1) is 13.9. The van der Waals surface area contributed by atoms with Gasteiger partial charge >= 0.3 is 0 Å². The van der Waals surface area contributed by atoms with E-state index in [4.69, 9.17) is 4.74 Å². The second kappa shape index (κ2) is 7.60. The van der Waals surface area contributed by atoms with E-state index in [0.29, 0.717) is 18.5 Å². The summed E-state index contributed by atoms with van der Waals surface area (Å²) in [6.45, 7) is 3.96. The van der Waals surface area contributed by atoms with Gasteiger partial charge in [0.25, 0.3) is 5.56 Å². The number of aliphatic hydroxyl groups is 1. The van der Waals surface area contributed by atoms with Crippen molar-refractivity contribution in [1.29, 1.82) is 0 Å². The molecule has 148 valence electrons. The van der Waals surface area contributed by atoms with Crippen LogP contribution in [0.25, 0.3) is 27.7 Å². The Morgan fingerprint density at radius 1 is 1.03 bits per heavy atom. The molecule has 4 rings (SSSR count). The minimum absolute atomic E-state index is 0.129. The SMILES string of the molecule is CC(C)(O)CCOc1ccc(-n2cc(-c3ccccc3)c3cc[nH]c(=O)c32)cc1. The molecule has 2 aromatic heterocycles. The summed E-state index contributed by atoms with van der Waals surface area (Å²) in [5.41, 5.74) is 2.69. The predicted molar refractivity (Wildman–Crippen MR) is 116 cm³/mol. The highest BCUT2D eigenvalue weighted by Gasteiger charge is 2.15. The first-order valence-electron chi connectivity index (χ1n) is 9.66. The monoisotopic (exact) mass is 388 g/mol. The summed E-state index contributed by atoms with van der Waals surface area (Å²) in [7, 11) is 0. The summed E-state index contributed by atoms with van der Waals surface area (Å²) in [5.74, 6) is 0.728. The number of fused-ring (bicyclic) bond motifs is 1. The molecule has 0 atom stereocenters. The lowest BCUT2D eigenvalue weighted by atomic mass is 10.1. The van der Waals surface area contributed by atoms with Gasteiger partial charge in [-0.25, -0.2) is 0 Å². The van der Waals surface area contributed by atoms with Gasteiger partial charge in [-0.15, -0.1) is 0 Å². The van der Waals surface area contributed by atoms with Crippen LogP contribution >= 0.6 is 0 Å². The van der Waals surface area contributed by atoms with Crippen LogP contribution in [0.4, 0.5) is 0 Å². The molecule has 0 unspecified atom stereocenters. The number of H-pyrrole nitrogens is 1. The fourth-order valence-electron chi connectivity index (χ4n) is 3.36. The molecule has 0 radical (unpaired) electrons. The lowest BCUT2D eigenvalue weighted by molar-refractivity contribution is 0.0553. The molecule has 0 aliphatic carbocycles. The van der Waals surface area contributed by atoms with Gasteiger partial charge < -0.3 is 19.4 Å². The smallest absolute Gasteiger partial charge is 0.272 e. The van der Waals surface area contributed by atoms with Gasteiger partial charge in [0.15, 0.2) is 0 Å². The summed E-state index contributed by atoms with van der Waals surface area (Å²) in [6.07, 6.45) is 4.23. The largest absolute Gasteiger partial charge is 0.493 e. The van der Waals surface area contributed by atoms with Crippen LogP contribution in [0.3, 0.4) is 0 Å². The molecule has 29 heavy (non-hydrogen) atoms. The van der Waals surface area contributed by atoms with E-state index >= 15 is 0 Å². The fraction of sp³-hybridized carbons (Fsp3) is 0.208. The van der Waals surface area contributed by atoms with Crippen LogP contribution in [-0.2, 0) is 0 Å². The number of hydrogen-bond donors (Lipinski definition) is 2. The van der Waals surface area contributed by atoms with E-state index in [1.165, 1.54) is 0 Å². The minimum atomic E-state index is -0.751. The Bertz CT molecular complexity index is 1170. The third-order valence-corrected chi connectivity index (χ3v) is 4.91. The topological polar surface area (TPSA) is 67.2 Å². The average Bonchev–Trinajstić information content (AvgIpc) is 3.09. The first-order valence-corrected chi connectivity index (χ1v) is 9.66. The van der Waals surface area contributed by atoms with E-state index in [0.717, 1.165) is 28.0 Å². The zero-order chi connectivity index (χ0) is 20.4. The summed E-state index contributed by atoms with van der Waals surface area (Å²) in [5, 5.41) is 10.7. The highest BCUT2D eigenvalue weighted by Crippen LogP contribution is 2.31. The van der Waals surface area contributed by atoms with Crippen LogP contribution in [0.15, 0.2) is 77.9 Å². The number of benzene rings is 2. The van der Waals surface area contributed by atoms with Crippen LogP contribution < -0.4 is 10.3 Å². The van der Waals surface area contributed by atoms with Gasteiger partial charge in [0.05, 0.1) is 12.2 Å². The molecule has 0 fully saturated rings. The number of rotatable bonds is 6. The molecule has 0 saturated carbocycles. The highest BCUT2D eigenvalue weighted by atomic mass is 16.5. The molecule has 4 aromatic rings. The molecule has 0 saturated heterocycles. The third-order valence-electron chi connectivity index (χ3n) is 4.91. The maximum Gasteiger partial charge on any atom is 0.272 e. The van der Waals surface area contributed by atoms with Crippen molar-refractivity contribution < 1.29 is 9.84 Å². The molecule has 5 nitrogen and oxygen atoms in total. The van der Waals surface area contributed by atoms with E-state index in [2.05, 4.69) is 4.98 Å². The zero-order valence-electron chi connectivity index (χ0n) is 16.6. The number of hydrogen-bond acceptors (Lipinski definition) is 3. The molecule has 0 aliphatic heterocycles. The van der Waals surface area contributed by atoms with Crippen molar-refractivity contribution in [3.63, 3.8) is 0 Å². The van der Waals surface area contributed by atoms with Gasteiger partial charge in [0, 0.05) is 35.5 Å². The van der Waals surface area contributed by atoms with Crippen molar-refractivity contribution in [2.45, 2.75) is 25.9 Å². The lowest BCUT2D eigenvalue weighted by Gasteiger charge is -2.17. The summed E-state index contributed by atoms with van der Waals surface area (Å²) < 4.78 is 7.64. The number of nitrogens with one attached hydrogen (secondary N) is 1. The van der Waals surface area contributed by atoms with Gasteiger partial charge in [-0.3, -0.25) is 4.79 Å². The van der Waals surface area contributed by atoms with Crippen LogP contribution in [0.5, 0.6) is 5.75 Å². The van der Waals surface area contributed by atoms with Crippen molar-refractivity contribution in [3.8, 4) is 22.6 Å². The maximum absolute atomic E-state index is 12.6. The van der Waals surface area contributed by atoms with Crippen LogP contribution in [0.1, 0.15) is 20.3 Å². The van der Waals surface area contributed by atoms with Gasteiger partial charge in [-0.05, 0) is 49.7 Å². The second-order valence-corrected chi connectivity index (χ2v) is 7.75. The van der Waals surface area contributed by atoms with Crippen LogP contribution in [0.2, 0.25) is 0 Å². The molecular formula is C24H24N2O3. The molecule has 5 heteroatoms. The van der Waals surface area contributed by atoms with E-state index < -0.39 is 5.60 Å². The number of ether oxygens (including phenoxy) is 1. The number of aromatic amines is 1. The van der Waals surface area contributed by atoms with Crippen molar-refractivity contribution in [2.75, 3.05) is 6.61 Å². The third kappa shape index (κ3) is 4.10. The summed E-state index contributed by atoms with van der Waals surface area (Å²) in [4.78, 5) is 15.4. The molecule has 2 N–H and O–H groups in total. The Morgan fingerprint density at radius 3 is 2.45 bits per heavy atom. The lowest BCUT2D eigenvalue weighted by Crippen LogP contribution is -2.21. The zero-order valence-corrected chi connectivity index (χ0v) is 16.6. The van der Waals surface area contributed by atoms with E-state index in [1.54, 1.807) is 20.0 Å². The fourth-order valence-corrected chi connectivity index (χ4v) is 3.36. The summed E-state index contributed by atoms with van der Waals surface area (Å²) in [6, 6.07) is 19.6. The van der Waals surface area contributed by atoms with Gasteiger partial charge in [-0.2, -0.15) is 0 Å². The van der Waals surface area contributed by atoms with Crippen LogP contribution in [-0.4, -0.2) is 26.9 Å². The van der Waals surface area contributed by atoms with Gasteiger partial charge in [0.2, 0.25) is 0 Å². The summed E-state index contributed by atoms with van der Waals surface area (Å²) >= 11 is 0. The molecule has 0 bridgehead atoms. The van der Waals surface area contributed by atoms with E-state index in [1.807, 2.05) is 71.4 Å². The Morgan fingerprint density at radius 2 is 1.76 bits per heavy atom. The maximum atomic E-state index is 12.6. The first kappa shape index (κ1) is 19.0. The van der Waals surface area contributed by atoms with Gasteiger partial charge in [0.1, 0.15) is 11.3 Å². The Balaban J connectivity index is 1.70. The van der Waals surface area contributed by atoms with E-state index in [9.17, 15) is 9.90 Å². The standard InChI is InChI=1S/C24H24N2O3/c1-24(2,28)13-15-29-19-10-8-18(9-11-19)26-16-21(17-6-4-3-5-7-17)20-12-14-25-23(27)22(20)26/h3-12,14,16,28H,13,15H2,1-2H3,(H,25,27). The van der Waals surface area contributed by atoms with Crippen molar-refractivity contribution in [1.82, 2.24) is 9.55 Å². The van der Waals surface area contributed by atoms with Crippen molar-refractivity contribution in [2.24, 2.45) is 0 Å². The minimum Gasteiger partial charge on any atom is -0.493 e. The van der Waals surface area contributed by atoms with Crippen LogP contribution in [0, 0.1) is 0 Å². The number of pyridine rings is 1. The average molecular weight is 388 g/mol. The molecule has 2 heterocycles. The van der Waals surface area contributed by atoms with E-state index in [-0.39, 0.29) is 5.56 Å². The highest BCUT2D eigenvalue weighted by molar-refractivity contribution is 5.96. The Labute approximate surface area is 169 Å². The second-order valence-electron chi connectivity index (χ2n) is 7.75.